The zero-order chi connectivity index (χ0) is 15.0. The van der Waals surface area contributed by atoms with Crippen molar-refractivity contribution in [3.05, 3.63) is 11.3 Å². The molecule has 0 radical (unpaired) electrons. The number of ether oxygens (including phenoxy) is 4. The van der Waals surface area contributed by atoms with Crippen molar-refractivity contribution in [1.82, 2.24) is 0 Å². The van der Waals surface area contributed by atoms with E-state index < -0.39 is 5.97 Å². The van der Waals surface area contributed by atoms with Crippen LogP contribution in [0.4, 0.5) is 0 Å². The number of aliphatic hydroxyl groups is 1. The number of carboxylic acid groups (broad SMARTS) is 1. The SMILES string of the molecule is C(OCC1CO1)C1CO1.CC(OCCO)=C(C)C(=O)O. The summed E-state index contributed by atoms with van der Waals surface area (Å²) in [7, 11) is 0. The molecule has 2 aliphatic heterocycles. The zero-order valence-corrected chi connectivity index (χ0v) is 11.8. The van der Waals surface area contributed by atoms with Crippen LogP contribution in [0.3, 0.4) is 0 Å². The predicted molar refractivity (Wildman–Crippen MR) is 69.3 cm³/mol. The Morgan fingerprint density at radius 2 is 1.70 bits per heavy atom. The van der Waals surface area contributed by atoms with E-state index in [-0.39, 0.29) is 18.8 Å². The maximum atomic E-state index is 10.3. The van der Waals surface area contributed by atoms with Gasteiger partial charge in [-0.3, -0.25) is 0 Å². The molecule has 2 atom stereocenters. The van der Waals surface area contributed by atoms with Crippen molar-refractivity contribution in [2.24, 2.45) is 0 Å². The molecule has 2 fully saturated rings. The number of allylic oxidation sites excluding steroid dienone is 1. The number of carboxylic acids is 1. The summed E-state index contributed by atoms with van der Waals surface area (Å²) in [6, 6.07) is 0. The molecular formula is C13H22O7. The van der Waals surface area contributed by atoms with Gasteiger partial charge in [0.25, 0.3) is 0 Å². The Balaban J connectivity index is 0.000000202. The van der Waals surface area contributed by atoms with Crippen LogP contribution in [-0.4, -0.2) is 68.0 Å². The van der Waals surface area contributed by atoms with Crippen molar-refractivity contribution >= 4 is 5.97 Å². The summed E-state index contributed by atoms with van der Waals surface area (Å²) in [4.78, 5) is 10.3. The monoisotopic (exact) mass is 290 g/mol. The van der Waals surface area contributed by atoms with Crippen molar-refractivity contribution < 1.29 is 34.0 Å². The second kappa shape index (κ2) is 8.91. The van der Waals surface area contributed by atoms with E-state index in [1.54, 1.807) is 6.92 Å². The number of hydrogen-bond acceptors (Lipinski definition) is 6. The van der Waals surface area contributed by atoms with Crippen LogP contribution in [0.15, 0.2) is 11.3 Å². The summed E-state index contributed by atoms with van der Waals surface area (Å²) in [5.41, 5.74) is 0.165. The topological polar surface area (TPSA) is 101 Å². The fraction of sp³-hybridized carbons (Fsp3) is 0.769. The third-order valence-corrected chi connectivity index (χ3v) is 2.67. The van der Waals surface area contributed by atoms with Crippen LogP contribution in [0.25, 0.3) is 0 Å². The van der Waals surface area contributed by atoms with Gasteiger partial charge in [0.15, 0.2) is 0 Å². The first-order chi connectivity index (χ1) is 9.54. The van der Waals surface area contributed by atoms with E-state index in [0.717, 1.165) is 26.4 Å². The van der Waals surface area contributed by atoms with Gasteiger partial charge in [-0.25, -0.2) is 4.79 Å². The first kappa shape index (κ1) is 16.9. The number of rotatable bonds is 8. The summed E-state index contributed by atoms with van der Waals surface area (Å²) in [5, 5.41) is 16.8. The Morgan fingerprint density at radius 3 is 2.05 bits per heavy atom. The lowest BCUT2D eigenvalue weighted by molar-refractivity contribution is -0.132. The van der Waals surface area contributed by atoms with Crippen molar-refractivity contribution in [2.45, 2.75) is 26.1 Å². The van der Waals surface area contributed by atoms with Crippen LogP contribution in [-0.2, 0) is 23.7 Å². The third-order valence-electron chi connectivity index (χ3n) is 2.67. The van der Waals surface area contributed by atoms with Gasteiger partial charge in [0.1, 0.15) is 24.6 Å². The van der Waals surface area contributed by atoms with Gasteiger partial charge in [-0.05, 0) is 13.8 Å². The summed E-state index contributed by atoms with van der Waals surface area (Å²) < 4.78 is 20.0. The lowest BCUT2D eigenvalue weighted by Crippen LogP contribution is -2.06. The lowest BCUT2D eigenvalue weighted by atomic mass is 10.3. The first-order valence-corrected chi connectivity index (χ1v) is 6.50. The first-order valence-electron chi connectivity index (χ1n) is 6.50. The van der Waals surface area contributed by atoms with Gasteiger partial charge in [0.05, 0.1) is 38.6 Å². The summed E-state index contributed by atoms with van der Waals surface area (Å²) >= 11 is 0. The molecule has 0 aromatic rings. The molecule has 7 nitrogen and oxygen atoms in total. The van der Waals surface area contributed by atoms with Gasteiger partial charge in [0.2, 0.25) is 0 Å². The fourth-order valence-corrected chi connectivity index (χ4v) is 1.12. The highest BCUT2D eigenvalue weighted by Crippen LogP contribution is 2.12. The lowest BCUT2D eigenvalue weighted by Gasteiger charge is -2.05. The van der Waals surface area contributed by atoms with Gasteiger partial charge in [0, 0.05) is 0 Å². The zero-order valence-electron chi connectivity index (χ0n) is 11.8. The van der Waals surface area contributed by atoms with E-state index in [1.165, 1.54) is 6.92 Å². The van der Waals surface area contributed by atoms with Gasteiger partial charge in [-0.15, -0.1) is 0 Å². The van der Waals surface area contributed by atoms with Crippen molar-refractivity contribution in [2.75, 3.05) is 39.6 Å². The third kappa shape index (κ3) is 8.11. The van der Waals surface area contributed by atoms with E-state index in [0.29, 0.717) is 18.0 Å². The largest absolute Gasteiger partial charge is 0.495 e. The molecule has 2 aliphatic rings. The molecule has 2 heterocycles. The van der Waals surface area contributed by atoms with Gasteiger partial charge >= 0.3 is 5.97 Å². The average Bonchev–Trinajstić information content (AvgIpc) is 3.29. The Labute approximate surface area is 118 Å². The van der Waals surface area contributed by atoms with E-state index in [2.05, 4.69) is 0 Å². The molecule has 0 aromatic carbocycles. The molecule has 0 amide bonds. The number of epoxide rings is 2. The molecule has 0 aliphatic carbocycles. The van der Waals surface area contributed by atoms with Gasteiger partial charge in [-0.1, -0.05) is 0 Å². The Kier molecular flexibility index (Phi) is 7.53. The van der Waals surface area contributed by atoms with Crippen LogP contribution in [0.1, 0.15) is 13.8 Å². The predicted octanol–water partition coefficient (Wildman–Crippen LogP) is 0.174. The Bertz CT molecular complexity index is 320. The molecule has 7 heteroatoms. The molecule has 2 saturated heterocycles. The highest BCUT2D eigenvalue weighted by molar-refractivity contribution is 5.86. The molecule has 0 aromatic heterocycles. The van der Waals surface area contributed by atoms with Crippen LogP contribution in [0.5, 0.6) is 0 Å². The molecule has 20 heavy (non-hydrogen) atoms. The van der Waals surface area contributed by atoms with Crippen molar-refractivity contribution in [3.8, 4) is 0 Å². The van der Waals surface area contributed by atoms with Crippen LogP contribution >= 0.6 is 0 Å². The van der Waals surface area contributed by atoms with E-state index >= 15 is 0 Å². The Hall–Kier alpha value is -1.15. The molecule has 0 saturated carbocycles. The maximum absolute atomic E-state index is 10.3. The van der Waals surface area contributed by atoms with E-state index in [4.69, 9.17) is 29.2 Å². The molecule has 0 spiro atoms. The van der Waals surface area contributed by atoms with Crippen molar-refractivity contribution in [3.63, 3.8) is 0 Å². The fourth-order valence-electron chi connectivity index (χ4n) is 1.12. The number of aliphatic hydroxyl groups excluding tert-OH is 1. The molecule has 2 N–H and O–H groups in total. The average molecular weight is 290 g/mol. The number of carbonyl (C=O) groups is 1. The van der Waals surface area contributed by atoms with E-state index in [1.807, 2.05) is 0 Å². The molecule has 2 unspecified atom stereocenters. The van der Waals surface area contributed by atoms with E-state index in [9.17, 15) is 4.79 Å². The molecule has 0 bridgehead atoms. The summed E-state index contributed by atoms with van der Waals surface area (Å²) in [5.74, 6) is -0.660. The smallest absolute Gasteiger partial charge is 0.334 e. The second-order valence-corrected chi connectivity index (χ2v) is 4.51. The number of aliphatic carboxylic acids is 1. The van der Waals surface area contributed by atoms with Gasteiger partial charge in [-0.2, -0.15) is 0 Å². The maximum Gasteiger partial charge on any atom is 0.334 e. The summed E-state index contributed by atoms with van der Waals surface area (Å²) in [6.07, 6.45) is 0.785. The molecule has 116 valence electrons. The second-order valence-electron chi connectivity index (χ2n) is 4.51. The normalized spacial score (nSPS) is 24.1. The summed E-state index contributed by atoms with van der Waals surface area (Å²) in [6.45, 7) is 6.30. The number of hydrogen-bond donors (Lipinski definition) is 2. The molecular weight excluding hydrogens is 268 g/mol. The van der Waals surface area contributed by atoms with Crippen LogP contribution in [0, 0.1) is 0 Å². The minimum Gasteiger partial charge on any atom is -0.495 e. The highest BCUT2D eigenvalue weighted by Gasteiger charge is 2.26. The Morgan fingerprint density at radius 1 is 1.20 bits per heavy atom. The van der Waals surface area contributed by atoms with Crippen molar-refractivity contribution in [1.29, 1.82) is 0 Å². The molecule has 2 rings (SSSR count). The van der Waals surface area contributed by atoms with Gasteiger partial charge < -0.3 is 29.2 Å². The minimum absolute atomic E-state index is 0.107. The highest BCUT2D eigenvalue weighted by atomic mass is 16.6. The quantitative estimate of drug-likeness (QED) is 0.373. The standard InChI is InChI=1S/C7H12O4.C6H10O3/c1-5(7(9)10)6(2)11-4-3-8;1(5-3-8-5)7-2-6-4-9-6/h8H,3-4H2,1-2H3,(H,9,10);5-6H,1-4H2. The minimum atomic E-state index is -1.000. The van der Waals surface area contributed by atoms with Crippen LogP contribution in [0.2, 0.25) is 0 Å². The van der Waals surface area contributed by atoms with Crippen LogP contribution < -0.4 is 0 Å².